The van der Waals surface area contributed by atoms with Crippen LogP contribution in [-0.4, -0.2) is 46.2 Å². The van der Waals surface area contributed by atoms with Gasteiger partial charge in [0.25, 0.3) is 0 Å². The molecule has 0 atom stereocenters. The molecule has 0 spiro atoms. The van der Waals surface area contributed by atoms with Crippen molar-refractivity contribution < 1.29 is 9.59 Å². The van der Waals surface area contributed by atoms with Gasteiger partial charge in [0.1, 0.15) is 5.01 Å². The minimum absolute atomic E-state index is 0.0966. The Labute approximate surface area is 127 Å². The van der Waals surface area contributed by atoms with E-state index in [1.165, 1.54) is 24.2 Å². The van der Waals surface area contributed by atoms with Crippen LogP contribution in [0.25, 0.3) is 0 Å². The van der Waals surface area contributed by atoms with E-state index in [0.29, 0.717) is 24.1 Å². The number of likely N-dealkylation sites (tertiary alicyclic amines) is 1. The van der Waals surface area contributed by atoms with E-state index >= 15 is 0 Å². The fourth-order valence-electron chi connectivity index (χ4n) is 2.44. The first-order chi connectivity index (χ1) is 10.1. The fourth-order valence-corrected chi connectivity index (χ4v) is 3.35. The van der Waals surface area contributed by atoms with Gasteiger partial charge in [0.2, 0.25) is 11.0 Å². The minimum atomic E-state index is -0.241. The van der Waals surface area contributed by atoms with Crippen LogP contribution in [0.4, 0.5) is 9.93 Å². The van der Waals surface area contributed by atoms with E-state index in [2.05, 4.69) is 20.8 Å². The van der Waals surface area contributed by atoms with Gasteiger partial charge >= 0.3 is 6.03 Å². The van der Waals surface area contributed by atoms with Crippen LogP contribution < -0.4 is 10.6 Å². The lowest BCUT2D eigenvalue weighted by Crippen LogP contribution is -2.47. The Morgan fingerprint density at radius 3 is 2.52 bits per heavy atom. The molecule has 8 heteroatoms. The Bertz CT molecular complexity index is 534. The maximum absolute atomic E-state index is 11.9. The summed E-state index contributed by atoms with van der Waals surface area (Å²) >= 11 is 1.45. The van der Waals surface area contributed by atoms with Gasteiger partial charge in [-0.1, -0.05) is 11.3 Å². The highest BCUT2D eigenvalue weighted by Crippen LogP contribution is 2.41. The molecule has 21 heavy (non-hydrogen) atoms. The summed E-state index contributed by atoms with van der Waals surface area (Å²) in [6.07, 6.45) is 3.93. The number of nitrogens with zero attached hydrogens (tertiary/aromatic N) is 3. The molecule has 1 aliphatic carbocycles. The number of amides is 3. The van der Waals surface area contributed by atoms with Crippen LogP contribution in [-0.2, 0) is 4.79 Å². The molecule has 1 aliphatic heterocycles. The largest absolute Gasteiger partial charge is 0.343 e. The summed E-state index contributed by atoms with van der Waals surface area (Å²) in [5.74, 6) is 0.649. The van der Waals surface area contributed by atoms with Crippen LogP contribution in [0.5, 0.6) is 0 Å². The number of hydrogen-bond donors (Lipinski definition) is 2. The highest BCUT2D eigenvalue weighted by molar-refractivity contribution is 7.15. The summed E-state index contributed by atoms with van der Waals surface area (Å²) in [7, 11) is 0. The summed E-state index contributed by atoms with van der Waals surface area (Å²) < 4.78 is 0. The normalized spacial score (nSPS) is 19.4. The van der Waals surface area contributed by atoms with E-state index in [9.17, 15) is 9.59 Å². The molecule has 2 fully saturated rings. The third-order valence-corrected chi connectivity index (χ3v) is 4.86. The summed E-state index contributed by atoms with van der Waals surface area (Å²) in [5, 5.41) is 15.3. The Kier molecular flexibility index (Phi) is 4.05. The third kappa shape index (κ3) is 3.69. The van der Waals surface area contributed by atoms with Gasteiger partial charge in [0.15, 0.2) is 0 Å². The van der Waals surface area contributed by atoms with Crippen molar-refractivity contribution in [1.82, 2.24) is 20.4 Å². The number of rotatable bonds is 3. The zero-order chi connectivity index (χ0) is 14.8. The van der Waals surface area contributed by atoms with E-state index in [1.54, 1.807) is 6.92 Å². The van der Waals surface area contributed by atoms with Crippen molar-refractivity contribution in [3.63, 3.8) is 0 Å². The number of carbonyl (C=O) groups excluding carboxylic acids is 2. The molecule has 7 nitrogen and oxygen atoms in total. The van der Waals surface area contributed by atoms with Gasteiger partial charge in [0.05, 0.1) is 0 Å². The first-order valence-electron chi connectivity index (χ1n) is 7.28. The molecule has 0 unspecified atom stereocenters. The molecular formula is C13H19N5O2S. The van der Waals surface area contributed by atoms with E-state index in [4.69, 9.17) is 0 Å². The smallest absolute Gasteiger partial charge is 0.321 e. The summed E-state index contributed by atoms with van der Waals surface area (Å²) in [6, 6.07) is -0.133. The standard InChI is InChI=1S/C13H19N5O2S/c1-8(19)18-6-4-10(5-7-18)14-12(20)15-13-17-16-11(21-13)9-2-3-9/h9-10H,2-7H2,1H3,(H2,14,15,17,20). The maximum Gasteiger partial charge on any atom is 0.321 e. The van der Waals surface area contributed by atoms with Gasteiger partial charge in [-0.2, -0.15) is 0 Å². The number of anilines is 1. The molecule has 114 valence electrons. The third-order valence-electron chi connectivity index (χ3n) is 3.86. The molecule has 0 bridgehead atoms. The van der Waals surface area contributed by atoms with Gasteiger partial charge in [-0.15, -0.1) is 10.2 Å². The summed E-state index contributed by atoms with van der Waals surface area (Å²) in [4.78, 5) is 25.0. The van der Waals surface area contributed by atoms with Crippen molar-refractivity contribution in [3.8, 4) is 0 Å². The van der Waals surface area contributed by atoms with Crippen LogP contribution in [0.15, 0.2) is 0 Å². The molecule has 1 aromatic rings. The molecule has 1 saturated heterocycles. The fraction of sp³-hybridized carbons (Fsp3) is 0.692. The molecule has 3 amide bonds. The van der Waals surface area contributed by atoms with Gasteiger partial charge in [-0.05, 0) is 25.7 Å². The van der Waals surface area contributed by atoms with Crippen LogP contribution in [0, 0.1) is 0 Å². The van der Waals surface area contributed by atoms with E-state index in [-0.39, 0.29) is 18.0 Å². The Balaban J connectivity index is 1.44. The van der Waals surface area contributed by atoms with Gasteiger partial charge < -0.3 is 10.2 Å². The molecule has 1 saturated carbocycles. The second-order valence-electron chi connectivity index (χ2n) is 5.60. The van der Waals surface area contributed by atoms with Crippen molar-refractivity contribution >= 4 is 28.4 Å². The Morgan fingerprint density at radius 1 is 1.19 bits per heavy atom. The number of hydrogen-bond acceptors (Lipinski definition) is 5. The van der Waals surface area contributed by atoms with Crippen molar-refractivity contribution in [1.29, 1.82) is 0 Å². The first-order valence-corrected chi connectivity index (χ1v) is 8.10. The zero-order valence-corrected chi connectivity index (χ0v) is 12.8. The second kappa shape index (κ2) is 5.97. The van der Waals surface area contributed by atoms with Crippen molar-refractivity contribution in [3.05, 3.63) is 5.01 Å². The van der Waals surface area contributed by atoms with Crippen LogP contribution >= 0.6 is 11.3 Å². The average Bonchev–Trinajstić information content (AvgIpc) is 3.20. The molecule has 0 aromatic carbocycles. The van der Waals surface area contributed by atoms with E-state index < -0.39 is 0 Å². The van der Waals surface area contributed by atoms with Crippen molar-refractivity contribution in [2.45, 2.75) is 44.6 Å². The summed E-state index contributed by atoms with van der Waals surface area (Å²) in [6.45, 7) is 2.98. The van der Waals surface area contributed by atoms with Gasteiger partial charge in [-0.3, -0.25) is 10.1 Å². The van der Waals surface area contributed by atoms with Crippen molar-refractivity contribution in [2.24, 2.45) is 0 Å². The van der Waals surface area contributed by atoms with Gasteiger partial charge in [-0.25, -0.2) is 4.79 Å². The number of carbonyl (C=O) groups is 2. The first kappa shape index (κ1) is 14.2. The molecule has 2 aliphatic rings. The SMILES string of the molecule is CC(=O)N1CCC(NC(=O)Nc2nnc(C3CC3)s2)CC1. The number of nitrogens with one attached hydrogen (secondary N) is 2. The lowest BCUT2D eigenvalue weighted by Gasteiger charge is -2.31. The maximum atomic E-state index is 11.9. The lowest BCUT2D eigenvalue weighted by molar-refractivity contribution is -0.129. The molecule has 2 heterocycles. The molecule has 0 radical (unpaired) electrons. The zero-order valence-electron chi connectivity index (χ0n) is 12.0. The number of urea groups is 1. The van der Waals surface area contributed by atoms with Crippen LogP contribution in [0.2, 0.25) is 0 Å². The molecular weight excluding hydrogens is 290 g/mol. The average molecular weight is 309 g/mol. The lowest BCUT2D eigenvalue weighted by atomic mass is 10.1. The highest BCUT2D eigenvalue weighted by Gasteiger charge is 2.28. The molecule has 1 aromatic heterocycles. The Morgan fingerprint density at radius 2 is 1.90 bits per heavy atom. The molecule has 3 rings (SSSR count). The van der Waals surface area contributed by atoms with E-state index in [1.807, 2.05) is 4.90 Å². The second-order valence-corrected chi connectivity index (χ2v) is 6.61. The monoisotopic (exact) mass is 309 g/mol. The predicted octanol–water partition coefficient (Wildman–Crippen LogP) is 1.55. The van der Waals surface area contributed by atoms with Crippen LogP contribution in [0.1, 0.15) is 43.5 Å². The number of piperidine rings is 1. The topological polar surface area (TPSA) is 87.2 Å². The predicted molar refractivity (Wildman–Crippen MR) is 79.3 cm³/mol. The minimum Gasteiger partial charge on any atom is -0.343 e. The van der Waals surface area contributed by atoms with Crippen LogP contribution in [0.3, 0.4) is 0 Å². The highest BCUT2D eigenvalue weighted by atomic mass is 32.1. The molecule has 2 N–H and O–H groups in total. The van der Waals surface area contributed by atoms with Crippen molar-refractivity contribution in [2.75, 3.05) is 18.4 Å². The quantitative estimate of drug-likeness (QED) is 0.887. The number of aromatic nitrogens is 2. The van der Waals surface area contributed by atoms with Gasteiger partial charge in [0, 0.05) is 32.0 Å². The Hall–Kier alpha value is -1.70. The summed E-state index contributed by atoms with van der Waals surface area (Å²) in [5.41, 5.74) is 0. The van der Waals surface area contributed by atoms with E-state index in [0.717, 1.165) is 17.8 Å².